The van der Waals surface area contributed by atoms with E-state index < -0.39 is 26.6 Å². The summed E-state index contributed by atoms with van der Waals surface area (Å²) in [5.41, 5.74) is 0. The van der Waals surface area contributed by atoms with Gasteiger partial charge in [0.25, 0.3) is 0 Å². The number of rotatable bonds is 6. The largest absolute Gasteiger partial charge is 0.377 e. The molecule has 1 aromatic heterocycles. The minimum Gasteiger partial charge on any atom is -0.377 e. The van der Waals surface area contributed by atoms with Crippen molar-refractivity contribution in [3.8, 4) is 0 Å². The van der Waals surface area contributed by atoms with Gasteiger partial charge in [-0.1, -0.05) is 6.07 Å². The fourth-order valence-electron chi connectivity index (χ4n) is 2.66. The number of nitrogens with zero attached hydrogens (tertiary/aromatic N) is 1. The lowest BCUT2D eigenvalue weighted by atomic mass is 10.2. The molecular formula is C16H17F2NO3S2. The number of benzene rings is 1. The summed E-state index contributed by atoms with van der Waals surface area (Å²) in [6.45, 7) is 0.885. The van der Waals surface area contributed by atoms with E-state index in [1.807, 2.05) is 17.5 Å². The summed E-state index contributed by atoms with van der Waals surface area (Å²) in [6.07, 6.45) is 1.44. The maximum absolute atomic E-state index is 14.0. The molecule has 4 nitrogen and oxygen atoms in total. The first kappa shape index (κ1) is 17.5. The molecule has 0 radical (unpaired) electrons. The Bertz CT molecular complexity index is 788. The highest BCUT2D eigenvalue weighted by Gasteiger charge is 2.31. The number of thiophene rings is 1. The number of hydrogen-bond donors (Lipinski definition) is 0. The lowest BCUT2D eigenvalue weighted by Crippen LogP contribution is -2.37. The van der Waals surface area contributed by atoms with Crippen molar-refractivity contribution in [1.82, 2.24) is 4.31 Å². The Morgan fingerprint density at radius 2 is 2.12 bits per heavy atom. The standard InChI is InChI=1S/C16H17F2NO3S2/c17-12-5-6-16(15(18)9-12)24(20,21)19(10-13-3-1-7-22-13)11-14-4-2-8-23-14/h2,4-6,8-9,13H,1,3,7,10-11H2. The molecule has 0 saturated carbocycles. The van der Waals surface area contributed by atoms with Crippen LogP contribution in [0.1, 0.15) is 17.7 Å². The second-order valence-corrected chi connectivity index (χ2v) is 8.53. The van der Waals surface area contributed by atoms with Crippen LogP contribution in [0.2, 0.25) is 0 Å². The van der Waals surface area contributed by atoms with Crippen molar-refractivity contribution >= 4 is 21.4 Å². The van der Waals surface area contributed by atoms with Gasteiger partial charge < -0.3 is 4.74 Å². The van der Waals surface area contributed by atoms with E-state index in [4.69, 9.17) is 4.74 Å². The summed E-state index contributed by atoms with van der Waals surface area (Å²) in [6, 6.07) is 6.16. The third kappa shape index (κ3) is 3.83. The predicted octanol–water partition coefficient (Wildman–Crippen LogP) is 3.40. The van der Waals surface area contributed by atoms with E-state index in [-0.39, 0.29) is 19.2 Å². The van der Waals surface area contributed by atoms with E-state index in [1.54, 1.807) is 0 Å². The lowest BCUT2D eigenvalue weighted by molar-refractivity contribution is 0.0927. The zero-order valence-electron chi connectivity index (χ0n) is 12.8. The van der Waals surface area contributed by atoms with Crippen LogP contribution >= 0.6 is 11.3 Å². The molecule has 0 bridgehead atoms. The van der Waals surface area contributed by atoms with Crippen molar-refractivity contribution in [2.24, 2.45) is 0 Å². The molecule has 1 atom stereocenters. The summed E-state index contributed by atoms with van der Waals surface area (Å²) in [5.74, 6) is -1.89. The summed E-state index contributed by atoms with van der Waals surface area (Å²) in [4.78, 5) is 0.331. The molecule has 1 aromatic carbocycles. The van der Waals surface area contributed by atoms with Crippen LogP contribution in [0.5, 0.6) is 0 Å². The van der Waals surface area contributed by atoms with Crippen molar-refractivity contribution in [1.29, 1.82) is 0 Å². The zero-order chi connectivity index (χ0) is 17.2. The Labute approximate surface area is 143 Å². The van der Waals surface area contributed by atoms with Gasteiger partial charge in [-0.05, 0) is 36.4 Å². The second kappa shape index (κ2) is 7.26. The molecule has 0 amide bonds. The molecule has 1 fully saturated rings. The fraction of sp³-hybridized carbons (Fsp3) is 0.375. The summed E-state index contributed by atoms with van der Waals surface area (Å²) < 4.78 is 59.6. The number of hydrogen-bond acceptors (Lipinski definition) is 4. The van der Waals surface area contributed by atoms with Gasteiger partial charge in [0.05, 0.1) is 6.10 Å². The average Bonchev–Trinajstić information content (AvgIpc) is 3.19. The van der Waals surface area contributed by atoms with E-state index in [9.17, 15) is 17.2 Å². The normalized spacial score (nSPS) is 18.4. The first-order valence-electron chi connectivity index (χ1n) is 7.56. The van der Waals surface area contributed by atoms with Crippen LogP contribution in [0.3, 0.4) is 0 Å². The Balaban J connectivity index is 1.92. The minimum atomic E-state index is -4.09. The van der Waals surface area contributed by atoms with Gasteiger partial charge in [0.1, 0.15) is 16.5 Å². The number of halogens is 2. The minimum absolute atomic E-state index is 0.136. The Morgan fingerprint density at radius 1 is 1.29 bits per heavy atom. The van der Waals surface area contributed by atoms with Gasteiger partial charge in [-0.3, -0.25) is 0 Å². The van der Waals surface area contributed by atoms with E-state index >= 15 is 0 Å². The van der Waals surface area contributed by atoms with Crippen molar-refractivity contribution < 1.29 is 21.9 Å². The molecule has 3 rings (SSSR count). The van der Waals surface area contributed by atoms with Crippen LogP contribution in [0, 0.1) is 11.6 Å². The lowest BCUT2D eigenvalue weighted by Gasteiger charge is -2.24. The monoisotopic (exact) mass is 373 g/mol. The topological polar surface area (TPSA) is 46.6 Å². The SMILES string of the molecule is O=S(=O)(c1ccc(F)cc1F)N(Cc1cccs1)CC1CCCO1. The molecule has 1 unspecified atom stereocenters. The van der Waals surface area contributed by atoms with E-state index in [1.165, 1.54) is 15.6 Å². The molecule has 1 aliphatic heterocycles. The Hall–Kier alpha value is -1.35. The van der Waals surface area contributed by atoms with Gasteiger partial charge in [0.15, 0.2) is 0 Å². The molecular weight excluding hydrogens is 356 g/mol. The van der Waals surface area contributed by atoms with Gasteiger partial charge in [-0.15, -0.1) is 11.3 Å². The highest BCUT2D eigenvalue weighted by molar-refractivity contribution is 7.89. The third-order valence-corrected chi connectivity index (χ3v) is 6.56. The van der Waals surface area contributed by atoms with Crippen LogP contribution in [0.25, 0.3) is 0 Å². The van der Waals surface area contributed by atoms with Gasteiger partial charge in [0, 0.05) is 30.6 Å². The highest BCUT2D eigenvalue weighted by atomic mass is 32.2. The first-order valence-corrected chi connectivity index (χ1v) is 9.88. The van der Waals surface area contributed by atoms with Crippen molar-refractivity contribution in [2.75, 3.05) is 13.2 Å². The van der Waals surface area contributed by atoms with Crippen molar-refractivity contribution in [3.63, 3.8) is 0 Å². The summed E-state index contributed by atoms with van der Waals surface area (Å²) in [5, 5.41) is 1.85. The maximum atomic E-state index is 14.0. The molecule has 0 aliphatic carbocycles. The van der Waals surface area contributed by atoms with Crippen molar-refractivity contribution in [2.45, 2.75) is 30.4 Å². The summed E-state index contributed by atoms with van der Waals surface area (Å²) in [7, 11) is -4.09. The first-order chi connectivity index (χ1) is 11.5. The van der Waals surface area contributed by atoms with E-state index in [0.717, 1.165) is 29.9 Å². The average molecular weight is 373 g/mol. The van der Waals surface area contributed by atoms with Gasteiger partial charge in [-0.2, -0.15) is 4.31 Å². The quantitative estimate of drug-likeness (QED) is 0.780. The molecule has 130 valence electrons. The third-order valence-electron chi connectivity index (χ3n) is 3.86. The molecule has 24 heavy (non-hydrogen) atoms. The Kier molecular flexibility index (Phi) is 5.29. The van der Waals surface area contributed by atoms with E-state index in [0.29, 0.717) is 12.7 Å². The number of sulfonamides is 1. The molecule has 0 N–H and O–H groups in total. The van der Waals surface area contributed by atoms with Gasteiger partial charge in [-0.25, -0.2) is 17.2 Å². The second-order valence-electron chi connectivity index (χ2n) is 5.59. The molecule has 0 spiro atoms. The van der Waals surface area contributed by atoms with Crippen molar-refractivity contribution in [3.05, 3.63) is 52.2 Å². The predicted molar refractivity (Wildman–Crippen MR) is 87.2 cm³/mol. The Morgan fingerprint density at radius 3 is 2.75 bits per heavy atom. The van der Waals surface area contributed by atoms with Crippen LogP contribution in [0.15, 0.2) is 40.6 Å². The van der Waals surface area contributed by atoms with Crippen LogP contribution in [0.4, 0.5) is 8.78 Å². The smallest absolute Gasteiger partial charge is 0.246 e. The van der Waals surface area contributed by atoms with Gasteiger partial charge in [0.2, 0.25) is 10.0 Å². The molecule has 1 saturated heterocycles. The van der Waals surface area contributed by atoms with Gasteiger partial charge >= 0.3 is 0 Å². The fourth-order valence-corrected chi connectivity index (χ4v) is 4.96. The van der Waals surface area contributed by atoms with E-state index in [2.05, 4.69) is 0 Å². The maximum Gasteiger partial charge on any atom is 0.246 e. The zero-order valence-corrected chi connectivity index (χ0v) is 14.5. The summed E-state index contributed by atoms with van der Waals surface area (Å²) >= 11 is 1.43. The van der Waals surface area contributed by atoms with Crippen LogP contribution in [-0.2, 0) is 21.3 Å². The number of ether oxygens (including phenoxy) is 1. The van der Waals surface area contributed by atoms with Crippen LogP contribution < -0.4 is 0 Å². The van der Waals surface area contributed by atoms with Crippen LogP contribution in [-0.4, -0.2) is 32.0 Å². The molecule has 8 heteroatoms. The highest BCUT2D eigenvalue weighted by Crippen LogP contribution is 2.25. The molecule has 2 heterocycles. The molecule has 1 aliphatic rings. The molecule has 2 aromatic rings.